The van der Waals surface area contributed by atoms with Crippen LogP contribution in [0.2, 0.25) is 10.0 Å². The molecule has 0 aromatic heterocycles. The summed E-state index contributed by atoms with van der Waals surface area (Å²) in [7, 11) is 1.45. The molecule has 0 aliphatic rings. The number of nitriles is 1. The monoisotopic (exact) mass is 547 g/mol. The molecule has 0 saturated carbocycles. The molecule has 0 unspecified atom stereocenters. The lowest BCUT2D eigenvalue weighted by Gasteiger charge is -2.14. The van der Waals surface area contributed by atoms with Crippen LogP contribution in [0.15, 0.2) is 78.4 Å². The third-order valence-corrected chi connectivity index (χ3v) is 6.18. The topological polar surface area (TPSA) is 114 Å². The van der Waals surface area contributed by atoms with Crippen LogP contribution in [-0.2, 0) is 11.4 Å². The molecule has 4 aromatic rings. The third kappa shape index (κ3) is 5.86. The van der Waals surface area contributed by atoms with Gasteiger partial charge in [-0.05, 0) is 52.2 Å². The second-order valence-electron chi connectivity index (χ2n) is 8.01. The molecule has 38 heavy (non-hydrogen) atoms. The number of rotatable bonds is 8. The first-order valence-corrected chi connectivity index (χ1v) is 11.9. The van der Waals surface area contributed by atoms with Crippen molar-refractivity contribution in [3.8, 4) is 17.6 Å². The summed E-state index contributed by atoms with van der Waals surface area (Å²) in [6.07, 6.45) is 1.32. The number of hydrogen-bond donors (Lipinski definition) is 1. The van der Waals surface area contributed by atoms with Crippen LogP contribution in [0.5, 0.6) is 11.5 Å². The van der Waals surface area contributed by atoms with Crippen molar-refractivity contribution in [1.82, 2.24) is 0 Å². The average molecular weight is 548 g/mol. The molecule has 0 aliphatic carbocycles. The lowest BCUT2D eigenvalue weighted by molar-refractivity contribution is -0.384. The van der Waals surface area contributed by atoms with E-state index in [0.717, 1.165) is 22.4 Å². The smallest absolute Gasteiger partial charge is 0.289 e. The number of nitrogens with one attached hydrogen (secondary N) is 1. The van der Waals surface area contributed by atoms with Crippen molar-refractivity contribution in [3.05, 3.63) is 110 Å². The molecule has 4 rings (SSSR count). The maximum Gasteiger partial charge on any atom is 0.289 e. The minimum atomic E-state index is -0.768. The molecular weight excluding hydrogens is 529 g/mol. The van der Waals surface area contributed by atoms with Gasteiger partial charge in [0.25, 0.3) is 11.6 Å². The first kappa shape index (κ1) is 26.5. The lowest BCUT2D eigenvalue weighted by Crippen LogP contribution is -2.13. The van der Waals surface area contributed by atoms with Gasteiger partial charge in [0.05, 0.1) is 17.1 Å². The predicted molar refractivity (Wildman–Crippen MR) is 147 cm³/mol. The predicted octanol–water partition coefficient (Wildman–Crippen LogP) is 7.19. The highest BCUT2D eigenvalue weighted by molar-refractivity contribution is 6.33. The molecule has 0 saturated heterocycles. The van der Waals surface area contributed by atoms with E-state index in [1.54, 1.807) is 12.1 Å². The molecule has 10 heteroatoms. The molecular formula is C28H19Cl2N3O5. The number of nitro benzene ring substituents is 1. The molecule has 4 aromatic carbocycles. The van der Waals surface area contributed by atoms with Crippen LogP contribution in [0.3, 0.4) is 0 Å². The fraction of sp³-hybridized carbons (Fsp3) is 0.0714. The van der Waals surface area contributed by atoms with Gasteiger partial charge in [-0.15, -0.1) is 0 Å². The van der Waals surface area contributed by atoms with Crippen molar-refractivity contribution in [2.45, 2.75) is 6.61 Å². The number of halogens is 2. The molecule has 190 valence electrons. The van der Waals surface area contributed by atoms with Crippen molar-refractivity contribution in [1.29, 1.82) is 5.26 Å². The second kappa shape index (κ2) is 11.6. The van der Waals surface area contributed by atoms with Gasteiger partial charge in [0.1, 0.15) is 23.3 Å². The van der Waals surface area contributed by atoms with E-state index in [1.165, 1.54) is 25.3 Å². The van der Waals surface area contributed by atoms with E-state index in [0.29, 0.717) is 17.1 Å². The summed E-state index contributed by atoms with van der Waals surface area (Å²) in [6, 6.07) is 22.6. The van der Waals surface area contributed by atoms with Gasteiger partial charge in [-0.3, -0.25) is 14.9 Å². The summed E-state index contributed by atoms with van der Waals surface area (Å²) < 4.78 is 11.5. The van der Waals surface area contributed by atoms with Gasteiger partial charge in [-0.1, -0.05) is 65.7 Å². The zero-order chi connectivity index (χ0) is 27.2. The van der Waals surface area contributed by atoms with Crippen molar-refractivity contribution >= 4 is 57.3 Å². The lowest BCUT2D eigenvalue weighted by atomic mass is 10.1. The van der Waals surface area contributed by atoms with Crippen LogP contribution in [-0.4, -0.2) is 17.9 Å². The highest BCUT2D eigenvalue weighted by atomic mass is 35.5. The first-order chi connectivity index (χ1) is 18.3. The van der Waals surface area contributed by atoms with Gasteiger partial charge in [0.2, 0.25) is 0 Å². The van der Waals surface area contributed by atoms with Gasteiger partial charge in [0, 0.05) is 11.8 Å². The Kier molecular flexibility index (Phi) is 8.12. The Bertz CT molecular complexity index is 1620. The van der Waals surface area contributed by atoms with Crippen molar-refractivity contribution < 1.29 is 19.2 Å². The standard InChI is InChI=1S/C28H19Cl2N3O5/c1-37-26-13-17(11-20(15-31)28(34)32-21-9-10-23(29)25(14-21)33(35)36)12-24(30)27(26)38-16-19-7-4-6-18-5-2-3-8-22(18)19/h2-14H,16H2,1H3,(H,32,34)/b20-11+. The zero-order valence-corrected chi connectivity index (χ0v) is 21.4. The number of fused-ring (bicyclic) bond motifs is 1. The van der Waals surface area contributed by atoms with Crippen molar-refractivity contribution in [2.24, 2.45) is 0 Å². The molecule has 1 N–H and O–H groups in total. The number of carbonyl (C=O) groups is 1. The molecule has 0 radical (unpaired) electrons. The molecule has 0 aliphatic heterocycles. The largest absolute Gasteiger partial charge is 0.493 e. The van der Waals surface area contributed by atoms with E-state index < -0.39 is 10.8 Å². The number of anilines is 1. The number of amides is 1. The van der Waals surface area contributed by atoms with E-state index in [-0.39, 0.29) is 33.6 Å². The Morgan fingerprint density at radius 2 is 1.84 bits per heavy atom. The van der Waals surface area contributed by atoms with E-state index in [9.17, 15) is 20.2 Å². The van der Waals surface area contributed by atoms with Crippen LogP contribution in [0.25, 0.3) is 16.8 Å². The Balaban J connectivity index is 1.57. The normalized spacial score (nSPS) is 11.1. The minimum absolute atomic E-state index is 0.0754. The van der Waals surface area contributed by atoms with Gasteiger partial charge in [-0.2, -0.15) is 5.26 Å². The summed E-state index contributed by atoms with van der Waals surface area (Å²) in [5.41, 5.74) is 0.863. The fourth-order valence-corrected chi connectivity index (χ4v) is 4.24. The molecule has 0 atom stereocenters. The number of carbonyl (C=O) groups excluding carboxylic acids is 1. The highest BCUT2D eigenvalue weighted by Gasteiger charge is 2.17. The summed E-state index contributed by atoms with van der Waals surface area (Å²) in [5.74, 6) is -0.138. The number of nitro groups is 1. The molecule has 8 nitrogen and oxygen atoms in total. The summed E-state index contributed by atoms with van der Waals surface area (Å²) in [5, 5.41) is 25.4. The Hall–Kier alpha value is -4.58. The molecule has 0 bridgehead atoms. The quantitative estimate of drug-likeness (QED) is 0.108. The molecule has 0 spiro atoms. The number of methoxy groups -OCH3 is 1. The van der Waals surface area contributed by atoms with Crippen LogP contribution in [0, 0.1) is 21.4 Å². The van der Waals surface area contributed by atoms with Crippen LogP contribution in [0.1, 0.15) is 11.1 Å². The molecule has 0 fully saturated rings. The van der Waals surface area contributed by atoms with E-state index in [1.807, 2.05) is 48.5 Å². The number of ether oxygens (including phenoxy) is 2. The average Bonchev–Trinajstić information content (AvgIpc) is 2.91. The number of nitrogens with zero attached hydrogens (tertiary/aromatic N) is 2. The molecule has 0 heterocycles. The minimum Gasteiger partial charge on any atom is -0.493 e. The highest BCUT2D eigenvalue weighted by Crippen LogP contribution is 2.38. The fourth-order valence-electron chi connectivity index (χ4n) is 3.78. The third-order valence-electron chi connectivity index (χ3n) is 5.58. The first-order valence-electron chi connectivity index (χ1n) is 11.1. The van der Waals surface area contributed by atoms with Crippen molar-refractivity contribution in [3.63, 3.8) is 0 Å². The van der Waals surface area contributed by atoms with Gasteiger partial charge < -0.3 is 14.8 Å². The summed E-state index contributed by atoms with van der Waals surface area (Å²) in [4.78, 5) is 23.1. The summed E-state index contributed by atoms with van der Waals surface area (Å²) in [6.45, 7) is 0.242. The Morgan fingerprint density at radius 1 is 1.08 bits per heavy atom. The van der Waals surface area contributed by atoms with Gasteiger partial charge in [-0.25, -0.2) is 0 Å². The van der Waals surface area contributed by atoms with Crippen LogP contribution in [0.4, 0.5) is 11.4 Å². The van der Waals surface area contributed by atoms with E-state index >= 15 is 0 Å². The summed E-state index contributed by atoms with van der Waals surface area (Å²) >= 11 is 12.3. The SMILES string of the molecule is COc1cc(/C=C(\C#N)C(=O)Nc2ccc(Cl)c([N+](=O)[O-])c2)cc(Cl)c1OCc1cccc2ccccc12. The Labute approximate surface area is 227 Å². The maximum atomic E-state index is 12.7. The number of benzene rings is 4. The van der Waals surface area contributed by atoms with Gasteiger partial charge >= 0.3 is 0 Å². The van der Waals surface area contributed by atoms with E-state index in [2.05, 4.69) is 5.32 Å². The van der Waals surface area contributed by atoms with Crippen molar-refractivity contribution in [2.75, 3.05) is 12.4 Å². The van der Waals surface area contributed by atoms with Crippen LogP contribution >= 0.6 is 23.2 Å². The van der Waals surface area contributed by atoms with Crippen LogP contribution < -0.4 is 14.8 Å². The second-order valence-corrected chi connectivity index (χ2v) is 8.82. The zero-order valence-electron chi connectivity index (χ0n) is 19.9. The van der Waals surface area contributed by atoms with Gasteiger partial charge in [0.15, 0.2) is 11.5 Å². The maximum absolute atomic E-state index is 12.7. The molecule has 1 amide bonds. The van der Waals surface area contributed by atoms with E-state index in [4.69, 9.17) is 32.7 Å². The number of hydrogen-bond acceptors (Lipinski definition) is 6. The Morgan fingerprint density at radius 3 is 2.58 bits per heavy atom.